The Labute approximate surface area is 112 Å². The molecule has 1 heterocycles. The molecular formula is C13H21N3O3. The summed E-state index contributed by atoms with van der Waals surface area (Å²) in [5, 5.41) is 8.58. The van der Waals surface area contributed by atoms with E-state index in [0.29, 0.717) is 13.1 Å². The topological polar surface area (TPSA) is 83.4 Å². The number of furan rings is 1. The fourth-order valence-electron chi connectivity index (χ4n) is 1.46. The maximum absolute atomic E-state index is 11.5. The Kier molecular flexibility index (Phi) is 7.34. The molecule has 6 heteroatoms. The SMILES string of the molecule is CCCNCCNC(=O)CCNC(=O)c1ccco1. The van der Waals surface area contributed by atoms with Gasteiger partial charge in [0.1, 0.15) is 0 Å². The number of hydrogen-bond acceptors (Lipinski definition) is 4. The maximum atomic E-state index is 11.5. The molecule has 0 aliphatic carbocycles. The second-order valence-electron chi connectivity index (χ2n) is 4.08. The van der Waals surface area contributed by atoms with Gasteiger partial charge in [0.2, 0.25) is 5.91 Å². The van der Waals surface area contributed by atoms with Crippen LogP contribution in [0.5, 0.6) is 0 Å². The average Bonchev–Trinajstić information content (AvgIpc) is 2.92. The smallest absolute Gasteiger partial charge is 0.286 e. The molecule has 0 atom stereocenters. The summed E-state index contributed by atoms with van der Waals surface area (Å²) in [5.41, 5.74) is 0. The molecule has 19 heavy (non-hydrogen) atoms. The quantitative estimate of drug-likeness (QED) is 0.569. The summed E-state index contributed by atoms with van der Waals surface area (Å²) in [6.45, 7) is 4.71. The molecule has 3 N–H and O–H groups in total. The van der Waals surface area contributed by atoms with E-state index in [1.54, 1.807) is 12.1 Å². The van der Waals surface area contributed by atoms with E-state index in [1.807, 2.05) is 0 Å². The fourth-order valence-corrected chi connectivity index (χ4v) is 1.46. The third-order valence-corrected chi connectivity index (χ3v) is 2.43. The lowest BCUT2D eigenvalue weighted by Crippen LogP contribution is -2.34. The molecule has 106 valence electrons. The second kappa shape index (κ2) is 9.16. The first kappa shape index (κ1) is 15.2. The van der Waals surface area contributed by atoms with Gasteiger partial charge in [-0.05, 0) is 25.1 Å². The zero-order valence-electron chi connectivity index (χ0n) is 11.2. The van der Waals surface area contributed by atoms with Crippen LogP contribution in [0.15, 0.2) is 22.8 Å². The van der Waals surface area contributed by atoms with Gasteiger partial charge in [0.15, 0.2) is 5.76 Å². The van der Waals surface area contributed by atoms with Gasteiger partial charge in [-0.15, -0.1) is 0 Å². The van der Waals surface area contributed by atoms with E-state index >= 15 is 0 Å². The van der Waals surface area contributed by atoms with Gasteiger partial charge in [-0.1, -0.05) is 6.92 Å². The normalized spacial score (nSPS) is 10.2. The lowest BCUT2D eigenvalue weighted by Gasteiger charge is -2.06. The van der Waals surface area contributed by atoms with Crippen LogP contribution in [0.2, 0.25) is 0 Å². The van der Waals surface area contributed by atoms with Crippen molar-refractivity contribution in [2.75, 3.05) is 26.2 Å². The molecule has 1 aromatic rings. The molecule has 0 aliphatic rings. The predicted octanol–water partition coefficient (Wildman–Crippen LogP) is 0.515. The van der Waals surface area contributed by atoms with Gasteiger partial charge in [0, 0.05) is 26.1 Å². The van der Waals surface area contributed by atoms with E-state index in [2.05, 4.69) is 22.9 Å². The fraction of sp³-hybridized carbons (Fsp3) is 0.538. The van der Waals surface area contributed by atoms with Crippen LogP contribution >= 0.6 is 0 Å². The Hall–Kier alpha value is -1.82. The van der Waals surface area contributed by atoms with Crippen LogP contribution in [-0.4, -0.2) is 38.0 Å². The lowest BCUT2D eigenvalue weighted by atomic mass is 10.3. The Bertz CT molecular complexity index is 376. The van der Waals surface area contributed by atoms with Gasteiger partial charge in [-0.25, -0.2) is 0 Å². The summed E-state index contributed by atoms with van der Waals surface area (Å²) in [5.74, 6) is -0.121. The number of hydrogen-bond donors (Lipinski definition) is 3. The Morgan fingerprint density at radius 2 is 2.00 bits per heavy atom. The van der Waals surface area contributed by atoms with Crippen LogP contribution < -0.4 is 16.0 Å². The number of amides is 2. The molecule has 0 radical (unpaired) electrons. The Balaban J connectivity index is 2.02. The minimum absolute atomic E-state index is 0.0713. The molecule has 2 amide bonds. The van der Waals surface area contributed by atoms with Crippen molar-refractivity contribution < 1.29 is 14.0 Å². The molecule has 6 nitrogen and oxygen atoms in total. The highest BCUT2D eigenvalue weighted by Crippen LogP contribution is 1.98. The first-order valence-corrected chi connectivity index (χ1v) is 6.53. The largest absolute Gasteiger partial charge is 0.459 e. The molecule has 0 aromatic carbocycles. The van der Waals surface area contributed by atoms with E-state index in [0.717, 1.165) is 19.5 Å². The standard InChI is InChI=1S/C13H21N3O3/c1-2-6-14-8-9-15-12(17)5-7-16-13(18)11-4-3-10-19-11/h3-4,10,14H,2,5-9H2,1H3,(H,15,17)(H,16,18). The van der Waals surface area contributed by atoms with Crippen molar-refractivity contribution in [2.45, 2.75) is 19.8 Å². The van der Waals surface area contributed by atoms with Gasteiger partial charge in [0.05, 0.1) is 6.26 Å². The number of carbonyl (C=O) groups excluding carboxylic acids is 2. The first-order chi connectivity index (χ1) is 9.24. The van der Waals surface area contributed by atoms with E-state index in [4.69, 9.17) is 4.42 Å². The summed E-state index contributed by atoms with van der Waals surface area (Å²) in [6.07, 6.45) is 2.78. The number of nitrogens with one attached hydrogen (secondary N) is 3. The molecule has 0 saturated carbocycles. The number of rotatable bonds is 9. The molecular weight excluding hydrogens is 246 g/mol. The molecule has 0 unspecified atom stereocenters. The van der Waals surface area contributed by atoms with Gasteiger partial charge in [-0.2, -0.15) is 0 Å². The van der Waals surface area contributed by atoms with E-state index in [-0.39, 0.29) is 24.0 Å². The van der Waals surface area contributed by atoms with Crippen molar-refractivity contribution in [3.63, 3.8) is 0 Å². The third-order valence-electron chi connectivity index (χ3n) is 2.43. The summed E-state index contributed by atoms with van der Waals surface area (Å²) < 4.78 is 4.93. The summed E-state index contributed by atoms with van der Waals surface area (Å²) in [7, 11) is 0. The minimum atomic E-state index is -0.303. The van der Waals surface area contributed by atoms with Crippen LogP contribution in [-0.2, 0) is 4.79 Å². The Morgan fingerprint density at radius 1 is 1.16 bits per heavy atom. The number of carbonyl (C=O) groups is 2. The highest BCUT2D eigenvalue weighted by atomic mass is 16.3. The van der Waals surface area contributed by atoms with Crippen LogP contribution in [0.25, 0.3) is 0 Å². The monoisotopic (exact) mass is 267 g/mol. The average molecular weight is 267 g/mol. The Morgan fingerprint density at radius 3 is 2.68 bits per heavy atom. The molecule has 0 spiro atoms. The molecule has 0 saturated heterocycles. The minimum Gasteiger partial charge on any atom is -0.459 e. The summed E-state index contributed by atoms with van der Waals surface area (Å²) in [6, 6.07) is 3.22. The van der Waals surface area contributed by atoms with E-state index in [1.165, 1.54) is 6.26 Å². The van der Waals surface area contributed by atoms with Crippen molar-refractivity contribution in [3.8, 4) is 0 Å². The molecule has 0 bridgehead atoms. The van der Waals surface area contributed by atoms with Crippen molar-refractivity contribution in [2.24, 2.45) is 0 Å². The molecule has 1 rings (SSSR count). The van der Waals surface area contributed by atoms with Crippen molar-refractivity contribution >= 4 is 11.8 Å². The summed E-state index contributed by atoms with van der Waals surface area (Å²) in [4.78, 5) is 22.9. The van der Waals surface area contributed by atoms with Crippen LogP contribution in [0, 0.1) is 0 Å². The molecule has 0 fully saturated rings. The lowest BCUT2D eigenvalue weighted by molar-refractivity contribution is -0.120. The van der Waals surface area contributed by atoms with Crippen molar-refractivity contribution in [3.05, 3.63) is 24.2 Å². The van der Waals surface area contributed by atoms with Gasteiger partial charge in [0.25, 0.3) is 5.91 Å². The highest BCUT2D eigenvalue weighted by molar-refractivity contribution is 5.91. The van der Waals surface area contributed by atoms with Crippen LogP contribution in [0.4, 0.5) is 0 Å². The van der Waals surface area contributed by atoms with Crippen molar-refractivity contribution in [1.82, 2.24) is 16.0 Å². The maximum Gasteiger partial charge on any atom is 0.286 e. The second-order valence-corrected chi connectivity index (χ2v) is 4.08. The molecule has 0 aliphatic heterocycles. The van der Waals surface area contributed by atoms with Crippen LogP contribution in [0.1, 0.15) is 30.3 Å². The first-order valence-electron chi connectivity index (χ1n) is 6.53. The van der Waals surface area contributed by atoms with E-state index in [9.17, 15) is 9.59 Å². The van der Waals surface area contributed by atoms with Gasteiger partial charge < -0.3 is 20.4 Å². The highest BCUT2D eigenvalue weighted by Gasteiger charge is 2.08. The third kappa shape index (κ3) is 6.61. The zero-order valence-corrected chi connectivity index (χ0v) is 11.2. The van der Waals surface area contributed by atoms with Gasteiger partial charge in [-0.3, -0.25) is 9.59 Å². The van der Waals surface area contributed by atoms with E-state index < -0.39 is 0 Å². The summed E-state index contributed by atoms with van der Waals surface area (Å²) >= 11 is 0. The van der Waals surface area contributed by atoms with Crippen LogP contribution in [0.3, 0.4) is 0 Å². The zero-order chi connectivity index (χ0) is 13.9. The molecule has 1 aromatic heterocycles. The van der Waals surface area contributed by atoms with Gasteiger partial charge >= 0.3 is 0 Å². The predicted molar refractivity (Wildman–Crippen MR) is 71.8 cm³/mol. The van der Waals surface area contributed by atoms with Crippen molar-refractivity contribution in [1.29, 1.82) is 0 Å².